The first-order chi connectivity index (χ1) is 11.2. The van der Waals surface area contributed by atoms with Gasteiger partial charge >= 0.3 is 0 Å². The number of rotatable bonds is 7. The molecule has 0 bridgehead atoms. The monoisotopic (exact) mass is 317 g/mol. The van der Waals surface area contributed by atoms with E-state index in [-0.39, 0.29) is 18.1 Å². The van der Waals surface area contributed by atoms with E-state index in [0.717, 1.165) is 31.6 Å². The maximum atomic E-state index is 12.4. The number of piperidine rings is 1. The summed E-state index contributed by atoms with van der Waals surface area (Å²) in [6.45, 7) is 5.50. The van der Waals surface area contributed by atoms with Gasteiger partial charge in [0.25, 0.3) is 0 Å². The summed E-state index contributed by atoms with van der Waals surface area (Å²) in [6, 6.07) is 7.50. The number of likely N-dealkylation sites (tertiary alicyclic amines) is 1. The van der Waals surface area contributed by atoms with Crippen molar-refractivity contribution in [3.05, 3.63) is 29.8 Å². The maximum absolute atomic E-state index is 12.4. The molecule has 1 unspecified atom stereocenters. The average molecular weight is 317 g/mol. The smallest absolute Gasteiger partial charge is 0.223 e. The fourth-order valence-electron chi connectivity index (χ4n) is 3.17. The van der Waals surface area contributed by atoms with Gasteiger partial charge in [0.05, 0.1) is 6.61 Å². The quantitative estimate of drug-likeness (QED) is 0.718. The number of amides is 1. The Labute approximate surface area is 138 Å². The standard InChI is InChI=1S/C19H27NO3/c1-3-16-7-5-6-14-20(16)19(22)13-12-18(21)15-8-10-17(11-9-15)23-4-2/h8-11,16H,3-7,12-14H2,1-2H3. The zero-order valence-corrected chi connectivity index (χ0v) is 14.2. The molecule has 1 aliphatic rings. The van der Waals surface area contributed by atoms with Crippen LogP contribution in [0.25, 0.3) is 0 Å². The van der Waals surface area contributed by atoms with Crippen molar-refractivity contribution in [1.29, 1.82) is 0 Å². The van der Waals surface area contributed by atoms with Gasteiger partial charge < -0.3 is 9.64 Å². The van der Waals surface area contributed by atoms with Crippen LogP contribution in [-0.2, 0) is 4.79 Å². The molecule has 0 aliphatic carbocycles. The van der Waals surface area contributed by atoms with Gasteiger partial charge in [-0.05, 0) is 56.9 Å². The number of carbonyl (C=O) groups is 2. The highest BCUT2D eigenvalue weighted by Gasteiger charge is 2.25. The van der Waals surface area contributed by atoms with Gasteiger partial charge in [-0.2, -0.15) is 0 Å². The first-order valence-corrected chi connectivity index (χ1v) is 8.71. The van der Waals surface area contributed by atoms with Crippen molar-refractivity contribution in [3.63, 3.8) is 0 Å². The number of nitrogens with zero attached hydrogens (tertiary/aromatic N) is 1. The lowest BCUT2D eigenvalue weighted by Gasteiger charge is -2.35. The van der Waals surface area contributed by atoms with Crippen molar-refractivity contribution < 1.29 is 14.3 Å². The van der Waals surface area contributed by atoms with Crippen molar-refractivity contribution in [2.45, 2.75) is 58.4 Å². The Morgan fingerprint density at radius 2 is 1.87 bits per heavy atom. The van der Waals surface area contributed by atoms with Crippen molar-refractivity contribution >= 4 is 11.7 Å². The Balaban J connectivity index is 1.86. The van der Waals surface area contributed by atoms with Crippen LogP contribution in [0.15, 0.2) is 24.3 Å². The van der Waals surface area contributed by atoms with Gasteiger partial charge in [-0.25, -0.2) is 0 Å². The molecular weight excluding hydrogens is 290 g/mol. The number of ether oxygens (including phenoxy) is 1. The minimum Gasteiger partial charge on any atom is -0.494 e. The van der Waals surface area contributed by atoms with Crippen molar-refractivity contribution in [2.24, 2.45) is 0 Å². The average Bonchev–Trinajstić information content (AvgIpc) is 2.60. The van der Waals surface area contributed by atoms with E-state index in [0.29, 0.717) is 24.6 Å². The van der Waals surface area contributed by atoms with Crippen LogP contribution in [0.2, 0.25) is 0 Å². The lowest BCUT2D eigenvalue weighted by Crippen LogP contribution is -2.43. The molecule has 1 saturated heterocycles. The molecule has 0 N–H and O–H groups in total. The van der Waals surface area contributed by atoms with Gasteiger partial charge in [0, 0.05) is 31.0 Å². The van der Waals surface area contributed by atoms with Crippen LogP contribution in [0.4, 0.5) is 0 Å². The second-order valence-corrected chi connectivity index (χ2v) is 6.03. The van der Waals surface area contributed by atoms with Gasteiger partial charge in [-0.3, -0.25) is 9.59 Å². The number of carbonyl (C=O) groups excluding carboxylic acids is 2. The molecule has 1 aliphatic heterocycles. The highest BCUT2D eigenvalue weighted by atomic mass is 16.5. The van der Waals surface area contributed by atoms with E-state index in [2.05, 4.69) is 6.92 Å². The highest BCUT2D eigenvalue weighted by Crippen LogP contribution is 2.21. The van der Waals surface area contributed by atoms with Crippen LogP contribution in [-0.4, -0.2) is 35.8 Å². The summed E-state index contributed by atoms with van der Waals surface area (Å²) >= 11 is 0. The topological polar surface area (TPSA) is 46.6 Å². The number of benzene rings is 1. The van der Waals surface area contributed by atoms with Crippen LogP contribution >= 0.6 is 0 Å². The summed E-state index contributed by atoms with van der Waals surface area (Å²) in [7, 11) is 0. The molecule has 0 spiro atoms. The number of hydrogen-bond donors (Lipinski definition) is 0. The Kier molecular flexibility index (Phi) is 6.63. The zero-order valence-electron chi connectivity index (χ0n) is 14.2. The predicted octanol–water partition coefficient (Wildman–Crippen LogP) is 3.84. The van der Waals surface area contributed by atoms with Crippen molar-refractivity contribution in [1.82, 2.24) is 4.90 Å². The molecule has 1 amide bonds. The zero-order chi connectivity index (χ0) is 16.7. The number of hydrogen-bond acceptors (Lipinski definition) is 3. The van der Waals surface area contributed by atoms with Crippen LogP contribution in [0.1, 0.15) is 62.7 Å². The van der Waals surface area contributed by atoms with E-state index < -0.39 is 0 Å². The van der Waals surface area contributed by atoms with Gasteiger partial charge in [0.1, 0.15) is 5.75 Å². The van der Waals surface area contributed by atoms with Gasteiger partial charge in [0.15, 0.2) is 5.78 Å². The summed E-state index contributed by atoms with van der Waals surface area (Å²) in [4.78, 5) is 26.6. The third-order valence-electron chi connectivity index (χ3n) is 4.47. The molecule has 0 aromatic heterocycles. The third-order valence-corrected chi connectivity index (χ3v) is 4.47. The molecule has 126 valence electrons. The molecule has 4 heteroatoms. The van der Waals surface area contributed by atoms with E-state index in [4.69, 9.17) is 4.74 Å². The Bertz CT molecular complexity index is 524. The molecule has 0 saturated carbocycles. The van der Waals surface area contributed by atoms with E-state index in [9.17, 15) is 9.59 Å². The van der Waals surface area contributed by atoms with Gasteiger partial charge in [-0.1, -0.05) is 6.92 Å². The molecule has 4 nitrogen and oxygen atoms in total. The summed E-state index contributed by atoms with van der Waals surface area (Å²) in [5, 5.41) is 0. The first-order valence-electron chi connectivity index (χ1n) is 8.71. The van der Waals surface area contributed by atoms with Crippen molar-refractivity contribution in [3.8, 4) is 5.75 Å². The largest absolute Gasteiger partial charge is 0.494 e. The number of Topliss-reactive ketones (excluding diaryl/α,β-unsaturated/α-hetero) is 1. The molecular formula is C19H27NO3. The molecule has 2 rings (SSSR count). The summed E-state index contributed by atoms with van der Waals surface area (Å²) in [5.74, 6) is 0.904. The van der Waals surface area contributed by atoms with Gasteiger partial charge in [-0.15, -0.1) is 0 Å². The molecule has 1 fully saturated rings. The van der Waals surface area contributed by atoms with E-state index in [1.165, 1.54) is 6.42 Å². The molecule has 23 heavy (non-hydrogen) atoms. The molecule has 1 heterocycles. The normalized spacial score (nSPS) is 17.8. The molecule has 1 aromatic rings. The van der Waals surface area contributed by atoms with Crippen molar-refractivity contribution in [2.75, 3.05) is 13.2 Å². The Morgan fingerprint density at radius 3 is 2.52 bits per heavy atom. The van der Waals surface area contributed by atoms with Crippen LogP contribution in [0, 0.1) is 0 Å². The second-order valence-electron chi connectivity index (χ2n) is 6.03. The second kappa shape index (κ2) is 8.70. The summed E-state index contributed by atoms with van der Waals surface area (Å²) in [5.41, 5.74) is 0.645. The maximum Gasteiger partial charge on any atom is 0.223 e. The third kappa shape index (κ3) is 4.81. The molecule has 0 radical (unpaired) electrons. The van der Waals surface area contributed by atoms with Gasteiger partial charge in [0.2, 0.25) is 5.91 Å². The van der Waals surface area contributed by atoms with E-state index in [1.54, 1.807) is 24.3 Å². The minimum atomic E-state index is 0.0199. The fraction of sp³-hybridized carbons (Fsp3) is 0.579. The van der Waals surface area contributed by atoms with E-state index >= 15 is 0 Å². The molecule has 1 aromatic carbocycles. The SMILES string of the molecule is CCOc1ccc(C(=O)CCC(=O)N2CCCCC2CC)cc1. The number of ketones is 1. The lowest BCUT2D eigenvalue weighted by atomic mass is 9.99. The molecule has 1 atom stereocenters. The summed E-state index contributed by atoms with van der Waals surface area (Å²) in [6.07, 6.45) is 4.96. The van der Waals surface area contributed by atoms with Crippen LogP contribution in [0.3, 0.4) is 0 Å². The Morgan fingerprint density at radius 1 is 1.13 bits per heavy atom. The highest BCUT2D eigenvalue weighted by molar-refractivity contribution is 5.98. The summed E-state index contributed by atoms with van der Waals surface area (Å²) < 4.78 is 5.37. The predicted molar refractivity (Wildman–Crippen MR) is 90.8 cm³/mol. The van der Waals surface area contributed by atoms with E-state index in [1.807, 2.05) is 11.8 Å². The first kappa shape index (κ1) is 17.5. The lowest BCUT2D eigenvalue weighted by molar-refractivity contribution is -0.134. The Hall–Kier alpha value is -1.84. The minimum absolute atomic E-state index is 0.0199. The van der Waals surface area contributed by atoms with Crippen LogP contribution < -0.4 is 4.74 Å². The van der Waals surface area contributed by atoms with Crippen LogP contribution in [0.5, 0.6) is 5.75 Å². The fourth-order valence-corrected chi connectivity index (χ4v) is 3.17.